The summed E-state index contributed by atoms with van der Waals surface area (Å²) in [5.74, 6) is -1.92. The SMILES string of the molecule is Cc1ccccc1NC(=O)C(=O)NN=Cc1ccc(OC(=O)c2cccc(Cl)c2)cc1. The van der Waals surface area contributed by atoms with Crippen molar-refractivity contribution in [3.8, 4) is 5.75 Å². The average Bonchev–Trinajstić information content (AvgIpc) is 2.76. The van der Waals surface area contributed by atoms with Crippen LogP contribution in [-0.2, 0) is 9.59 Å². The van der Waals surface area contributed by atoms with Gasteiger partial charge < -0.3 is 10.1 Å². The number of amides is 2. The molecule has 2 N–H and O–H groups in total. The molecule has 3 aromatic carbocycles. The Labute approximate surface area is 183 Å². The van der Waals surface area contributed by atoms with Gasteiger partial charge in [0.2, 0.25) is 0 Å². The molecular formula is C23H18ClN3O4. The number of ether oxygens (including phenoxy) is 1. The predicted octanol–water partition coefficient (Wildman–Crippen LogP) is 3.96. The van der Waals surface area contributed by atoms with Crippen LogP contribution in [0.15, 0.2) is 77.9 Å². The molecule has 0 saturated carbocycles. The first kappa shape index (κ1) is 21.7. The summed E-state index contributed by atoms with van der Waals surface area (Å²) in [5.41, 5.74) is 4.52. The molecule has 0 aromatic heterocycles. The first-order valence-corrected chi connectivity index (χ1v) is 9.58. The van der Waals surface area contributed by atoms with E-state index in [4.69, 9.17) is 16.3 Å². The maximum absolute atomic E-state index is 12.1. The molecule has 0 bridgehead atoms. The van der Waals surface area contributed by atoms with Gasteiger partial charge in [0, 0.05) is 10.7 Å². The van der Waals surface area contributed by atoms with Gasteiger partial charge in [0.1, 0.15) is 5.75 Å². The van der Waals surface area contributed by atoms with E-state index in [-0.39, 0.29) is 0 Å². The van der Waals surface area contributed by atoms with Crippen LogP contribution >= 0.6 is 11.6 Å². The lowest BCUT2D eigenvalue weighted by Crippen LogP contribution is -2.32. The maximum Gasteiger partial charge on any atom is 0.343 e. The molecule has 7 nitrogen and oxygen atoms in total. The van der Waals surface area contributed by atoms with Gasteiger partial charge in [-0.1, -0.05) is 35.9 Å². The molecule has 0 aliphatic rings. The minimum Gasteiger partial charge on any atom is -0.423 e. The van der Waals surface area contributed by atoms with E-state index in [1.807, 2.05) is 19.1 Å². The van der Waals surface area contributed by atoms with Crippen LogP contribution in [-0.4, -0.2) is 24.0 Å². The molecule has 0 saturated heterocycles. The molecule has 0 aliphatic heterocycles. The first-order chi connectivity index (χ1) is 14.9. The molecular weight excluding hydrogens is 418 g/mol. The van der Waals surface area contributed by atoms with Crippen molar-refractivity contribution in [1.82, 2.24) is 5.43 Å². The number of rotatable bonds is 5. The third-order valence-electron chi connectivity index (χ3n) is 4.13. The molecule has 0 atom stereocenters. The minimum absolute atomic E-state index is 0.337. The molecule has 8 heteroatoms. The summed E-state index contributed by atoms with van der Waals surface area (Å²) in [7, 11) is 0. The molecule has 0 heterocycles. The number of halogens is 1. The van der Waals surface area contributed by atoms with Crippen LogP contribution in [0.1, 0.15) is 21.5 Å². The van der Waals surface area contributed by atoms with E-state index in [1.165, 1.54) is 12.3 Å². The summed E-state index contributed by atoms with van der Waals surface area (Å²) in [6.45, 7) is 1.82. The number of nitrogens with zero attached hydrogens (tertiary/aromatic N) is 1. The van der Waals surface area contributed by atoms with Crippen molar-refractivity contribution in [2.45, 2.75) is 6.92 Å². The van der Waals surface area contributed by atoms with E-state index in [0.717, 1.165) is 5.56 Å². The molecule has 0 aliphatic carbocycles. The third kappa shape index (κ3) is 6.25. The summed E-state index contributed by atoms with van der Waals surface area (Å²) < 4.78 is 5.29. The fourth-order valence-corrected chi connectivity index (χ4v) is 2.70. The largest absolute Gasteiger partial charge is 0.423 e. The van der Waals surface area contributed by atoms with E-state index in [0.29, 0.717) is 27.6 Å². The number of benzene rings is 3. The van der Waals surface area contributed by atoms with E-state index in [2.05, 4.69) is 15.8 Å². The number of para-hydroxylation sites is 1. The quantitative estimate of drug-likeness (QED) is 0.208. The van der Waals surface area contributed by atoms with Crippen LogP contribution in [0.4, 0.5) is 5.69 Å². The second-order valence-corrected chi connectivity index (χ2v) is 6.87. The lowest BCUT2D eigenvalue weighted by atomic mass is 10.2. The van der Waals surface area contributed by atoms with E-state index in [1.54, 1.807) is 54.6 Å². The van der Waals surface area contributed by atoms with Crippen LogP contribution in [0.3, 0.4) is 0 Å². The summed E-state index contributed by atoms with van der Waals surface area (Å²) in [6, 6.07) is 20.0. The van der Waals surface area contributed by atoms with Crippen molar-refractivity contribution >= 4 is 41.3 Å². The highest BCUT2D eigenvalue weighted by molar-refractivity contribution is 6.39. The lowest BCUT2D eigenvalue weighted by Gasteiger charge is -2.06. The Morgan fingerprint density at radius 2 is 1.68 bits per heavy atom. The average molecular weight is 436 g/mol. The van der Waals surface area contributed by atoms with Crippen molar-refractivity contribution in [1.29, 1.82) is 0 Å². The zero-order chi connectivity index (χ0) is 22.2. The smallest absolute Gasteiger partial charge is 0.343 e. The fourth-order valence-electron chi connectivity index (χ4n) is 2.51. The number of hydrogen-bond donors (Lipinski definition) is 2. The summed E-state index contributed by atoms with van der Waals surface area (Å²) in [6.07, 6.45) is 1.36. The van der Waals surface area contributed by atoms with Gasteiger partial charge in [0.05, 0.1) is 11.8 Å². The standard InChI is InChI=1S/C23H18ClN3O4/c1-15-5-2-3-8-20(15)26-21(28)22(29)27-25-14-16-9-11-19(12-10-16)31-23(30)17-6-4-7-18(24)13-17/h2-14H,1H3,(H,26,28)(H,27,29). The summed E-state index contributed by atoms with van der Waals surface area (Å²) in [4.78, 5) is 35.9. The monoisotopic (exact) mass is 435 g/mol. The predicted molar refractivity (Wildman–Crippen MR) is 118 cm³/mol. The number of carbonyl (C=O) groups is 3. The first-order valence-electron chi connectivity index (χ1n) is 9.20. The molecule has 3 aromatic rings. The van der Waals surface area contributed by atoms with E-state index in [9.17, 15) is 14.4 Å². The Balaban J connectivity index is 1.52. The highest BCUT2D eigenvalue weighted by Gasteiger charge is 2.13. The lowest BCUT2D eigenvalue weighted by molar-refractivity contribution is -0.136. The van der Waals surface area contributed by atoms with Crippen molar-refractivity contribution < 1.29 is 19.1 Å². The highest BCUT2D eigenvalue weighted by Crippen LogP contribution is 2.16. The van der Waals surface area contributed by atoms with Gasteiger partial charge in [-0.3, -0.25) is 9.59 Å². The Bertz CT molecular complexity index is 1140. The van der Waals surface area contributed by atoms with E-state index < -0.39 is 17.8 Å². The van der Waals surface area contributed by atoms with Crippen LogP contribution < -0.4 is 15.5 Å². The van der Waals surface area contributed by atoms with Gasteiger partial charge >= 0.3 is 17.8 Å². The topological polar surface area (TPSA) is 96.9 Å². The molecule has 0 spiro atoms. The van der Waals surface area contributed by atoms with Crippen LogP contribution in [0.2, 0.25) is 5.02 Å². The number of carbonyl (C=O) groups excluding carboxylic acids is 3. The Hall–Kier alpha value is -3.97. The Kier molecular flexibility index (Phi) is 7.13. The number of esters is 1. The van der Waals surface area contributed by atoms with E-state index >= 15 is 0 Å². The molecule has 156 valence electrons. The maximum atomic E-state index is 12.1. The van der Waals surface area contributed by atoms with Crippen molar-refractivity contribution in [3.63, 3.8) is 0 Å². The Morgan fingerprint density at radius 3 is 2.39 bits per heavy atom. The molecule has 2 amide bonds. The third-order valence-corrected chi connectivity index (χ3v) is 4.37. The summed E-state index contributed by atoms with van der Waals surface area (Å²) >= 11 is 5.87. The van der Waals surface area contributed by atoms with Gasteiger partial charge in [0.15, 0.2) is 0 Å². The number of aryl methyl sites for hydroxylation is 1. The molecule has 31 heavy (non-hydrogen) atoms. The normalized spacial score (nSPS) is 10.5. The van der Waals surface area contributed by atoms with Gasteiger partial charge in [-0.2, -0.15) is 5.10 Å². The van der Waals surface area contributed by atoms with Crippen molar-refractivity contribution in [2.75, 3.05) is 5.32 Å². The molecule has 3 rings (SSSR count). The fraction of sp³-hybridized carbons (Fsp3) is 0.0435. The number of anilines is 1. The second kappa shape index (κ2) is 10.2. The van der Waals surface area contributed by atoms with Crippen LogP contribution in [0, 0.1) is 6.92 Å². The number of hydrogen-bond acceptors (Lipinski definition) is 5. The van der Waals surface area contributed by atoms with Crippen LogP contribution in [0.5, 0.6) is 5.75 Å². The van der Waals surface area contributed by atoms with Crippen molar-refractivity contribution in [3.05, 3.63) is 94.5 Å². The molecule has 0 radical (unpaired) electrons. The van der Waals surface area contributed by atoms with Gasteiger partial charge in [0.25, 0.3) is 0 Å². The molecule has 0 unspecified atom stereocenters. The Morgan fingerprint density at radius 1 is 0.935 bits per heavy atom. The van der Waals surface area contributed by atoms with Gasteiger partial charge in [-0.25, -0.2) is 10.2 Å². The highest BCUT2D eigenvalue weighted by atomic mass is 35.5. The van der Waals surface area contributed by atoms with Crippen molar-refractivity contribution in [2.24, 2.45) is 5.10 Å². The number of nitrogens with one attached hydrogen (secondary N) is 2. The van der Waals surface area contributed by atoms with Gasteiger partial charge in [-0.05, 0) is 66.6 Å². The van der Waals surface area contributed by atoms with Gasteiger partial charge in [-0.15, -0.1) is 0 Å². The zero-order valence-electron chi connectivity index (χ0n) is 16.5. The van der Waals surface area contributed by atoms with Crippen LogP contribution in [0.25, 0.3) is 0 Å². The number of hydrazone groups is 1. The molecule has 0 fully saturated rings. The zero-order valence-corrected chi connectivity index (χ0v) is 17.2. The minimum atomic E-state index is -0.897. The second-order valence-electron chi connectivity index (χ2n) is 6.44. The summed E-state index contributed by atoms with van der Waals surface area (Å²) in [5, 5.41) is 6.73.